The molecule has 1 N–H and O–H groups in total. The lowest BCUT2D eigenvalue weighted by molar-refractivity contribution is -0.142. The first-order valence-electron chi connectivity index (χ1n) is 7.15. The van der Waals surface area contributed by atoms with E-state index in [9.17, 15) is 9.59 Å². The van der Waals surface area contributed by atoms with Gasteiger partial charge in [-0.15, -0.1) is 0 Å². The van der Waals surface area contributed by atoms with Gasteiger partial charge in [-0.05, 0) is 37.0 Å². The number of amides is 1. The summed E-state index contributed by atoms with van der Waals surface area (Å²) in [6, 6.07) is 6.07. The number of rotatable bonds is 3. The summed E-state index contributed by atoms with van der Waals surface area (Å²) in [6.07, 6.45) is 3.34. The normalized spacial score (nSPS) is 22.0. The highest BCUT2D eigenvalue weighted by molar-refractivity contribution is 5.92. The zero-order valence-corrected chi connectivity index (χ0v) is 12.7. The summed E-state index contributed by atoms with van der Waals surface area (Å²) in [7, 11) is 0. The van der Waals surface area contributed by atoms with E-state index >= 15 is 0 Å². The summed E-state index contributed by atoms with van der Waals surface area (Å²) in [4.78, 5) is 24.9. The van der Waals surface area contributed by atoms with Gasteiger partial charge >= 0.3 is 5.97 Å². The maximum absolute atomic E-state index is 12.2. The van der Waals surface area contributed by atoms with Gasteiger partial charge in [0.2, 0.25) is 5.91 Å². The molecule has 4 heteroatoms. The molecule has 1 aliphatic heterocycles. The number of hydrogen-bond acceptors (Lipinski definition) is 2. The van der Waals surface area contributed by atoms with Crippen molar-refractivity contribution >= 4 is 18.0 Å². The van der Waals surface area contributed by atoms with E-state index in [-0.39, 0.29) is 11.8 Å². The predicted octanol–water partition coefficient (Wildman–Crippen LogP) is 2.50. The second-order valence-electron chi connectivity index (χ2n) is 5.86. The van der Waals surface area contributed by atoms with Crippen LogP contribution in [-0.4, -0.2) is 35.0 Å². The van der Waals surface area contributed by atoms with Gasteiger partial charge in [0.1, 0.15) is 0 Å². The Balaban J connectivity index is 2.05. The summed E-state index contributed by atoms with van der Waals surface area (Å²) in [5.41, 5.74) is 3.32. The minimum atomic E-state index is -0.823. The summed E-state index contributed by atoms with van der Waals surface area (Å²) in [6.45, 7) is 6.72. The van der Waals surface area contributed by atoms with Crippen LogP contribution >= 0.6 is 0 Å². The maximum atomic E-state index is 12.2. The number of aryl methyl sites for hydroxylation is 2. The van der Waals surface area contributed by atoms with Crippen LogP contribution < -0.4 is 0 Å². The molecule has 0 bridgehead atoms. The van der Waals surface area contributed by atoms with Gasteiger partial charge in [-0.2, -0.15) is 0 Å². The summed E-state index contributed by atoms with van der Waals surface area (Å²) >= 11 is 0. The van der Waals surface area contributed by atoms with E-state index in [1.807, 2.05) is 32.9 Å². The Bertz CT molecular complexity index is 592. The van der Waals surface area contributed by atoms with Gasteiger partial charge in [0.15, 0.2) is 0 Å². The molecule has 0 aliphatic carbocycles. The Hall–Kier alpha value is -2.10. The van der Waals surface area contributed by atoms with E-state index in [4.69, 9.17) is 5.11 Å². The van der Waals surface area contributed by atoms with Crippen molar-refractivity contribution in [2.45, 2.75) is 20.8 Å². The highest BCUT2D eigenvalue weighted by atomic mass is 16.4. The lowest BCUT2D eigenvalue weighted by Crippen LogP contribution is -2.28. The molecule has 4 nitrogen and oxygen atoms in total. The Morgan fingerprint density at radius 3 is 2.57 bits per heavy atom. The van der Waals surface area contributed by atoms with Gasteiger partial charge in [-0.1, -0.05) is 30.7 Å². The number of hydrogen-bond donors (Lipinski definition) is 1. The maximum Gasteiger partial charge on any atom is 0.308 e. The SMILES string of the molecule is Cc1ccc(C=CC(=O)N2CC(C)C(C(=O)O)C2)c(C)c1. The molecule has 0 spiro atoms. The van der Waals surface area contributed by atoms with Crippen LogP contribution in [0.1, 0.15) is 23.6 Å². The first-order chi connectivity index (χ1) is 9.88. The smallest absolute Gasteiger partial charge is 0.308 e. The minimum absolute atomic E-state index is 0.000890. The molecule has 1 fully saturated rings. The third-order valence-corrected chi connectivity index (χ3v) is 4.07. The fraction of sp³-hybridized carbons (Fsp3) is 0.412. The number of aliphatic carboxylic acids is 1. The number of carbonyl (C=O) groups is 2. The van der Waals surface area contributed by atoms with E-state index in [0.29, 0.717) is 13.1 Å². The van der Waals surface area contributed by atoms with Crippen LogP contribution in [0, 0.1) is 25.7 Å². The lowest BCUT2D eigenvalue weighted by atomic mass is 9.99. The van der Waals surface area contributed by atoms with Crippen molar-refractivity contribution in [3.63, 3.8) is 0 Å². The van der Waals surface area contributed by atoms with Gasteiger partial charge in [0.25, 0.3) is 0 Å². The standard InChI is InChI=1S/C17H21NO3/c1-11-4-5-14(12(2)8-11)6-7-16(19)18-9-13(3)15(10-18)17(20)21/h4-8,13,15H,9-10H2,1-3H3,(H,20,21). The summed E-state index contributed by atoms with van der Waals surface area (Å²) < 4.78 is 0. The van der Waals surface area contributed by atoms with E-state index in [1.165, 1.54) is 11.6 Å². The van der Waals surface area contributed by atoms with Gasteiger partial charge in [-0.25, -0.2) is 0 Å². The fourth-order valence-electron chi connectivity index (χ4n) is 2.75. The highest BCUT2D eigenvalue weighted by Gasteiger charge is 2.36. The first-order valence-corrected chi connectivity index (χ1v) is 7.15. The third kappa shape index (κ3) is 3.51. The Morgan fingerprint density at radius 2 is 2.00 bits per heavy atom. The zero-order valence-electron chi connectivity index (χ0n) is 12.7. The molecule has 21 heavy (non-hydrogen) atoms. The third-order valence-electron chi connectivity index (χ3n) is 4.07. The number of carboxylic acids is 1. The summed E-state index contributed by atoms with van der Waals surface area (Å²) in [5, 5.41) is 9.10. The number of nitrogens with zero attached hydrogens (tertiary/aromatic N) is 1. The van der Waals surface area contributed by atoms with Crippen molar-refractivity contribution in [1.29, 1.82) is 0 Å². The highest BCUT2D eigenvalue weighted by Crippen LogP contribution is 2.23. The van der Waals surface area contributed by atoms with Crippen LogP contribution in [0.15, 0.2) is 24.3 Å². The average Bonchev–Trinajstić information content (AvgIpc) is 2.80. The molecule has 1 aromatic rings. The van der Waals surface area contributed by atoms with Crippen molar-refractivity contribution in [3.05, 3.63) is 41.0 Å². The number of carbonyl (C=O) groups excluding carboxylic acids is 1. The second kappa shape index (κ2) is 6.12. The molecular formula is C17H21NO3. The van der Waals surface area contributed by atoms with E-state index in [0.717, 1.165) is 11.1 Å². The predicted molar refractivity (Wildman–Crippen MR) is 81.8 cm³/mol. The molecule has 2 rings (SSSR count). The Morgan fingerprint density at radius 1 is 1.29 bits per heavy atom. The second-order valence-corrected chi connectivity index (χ2v) is 5.86. The van der Waals surface area contributed by atoms with Gasteiger partial charge in [0.05, 0.1) is 5.92 Å². The molecule has 0 radical (unpaired) electrons. The van der Waals surface area contributed by atoms with Crippen LogP contribution in [0.2, 0.25) is 0 Å². The van der Waals surface area contributed by atoms with E-state index in [1.54, 1.807) is 11.0 Å². The van der Waals surface area contributed by atoms with Gasteiger partial charge in [0, 0.05) is 19.2 Å². The molecule has 2 atom stereocenters. The number of benzene rings is 1. The van der Waals surface area contributed by atoms with Crippen molar-refractivity contribution < 1.29 is 14.7 Å². The molecule has 1 aromatic carbocycles. The van der Waals surface area contributed by atoms with E-state index < -0.39 is 11.9 Å². The molecule has 0 aromatic heterocycles. The molecule has 112 valence electrons. The van der Waals surface area contributed by atoms with Crippen molar-refractivity contribution in [1.82, 2.24) is 4.90 Å². The van der Waals surface area contributed by atoms with Crippen LogP contribution in [0.5, 0.6) is 0 Å². The molecule has 2 unspecified atom stereocenters. The largest absolute Gasteiger partial charge is 0.481 e. The lowest BCUT2D eigenvalue weighted by Gasteiger charge is -2.13. The van der Waals surface area contributed by atoms with Crippen LogP contribution in [0.4, 0.5) is 0 Å². The van der Waals surface area contributed by atoms with Crippen molar-refractivity contribution in [2.24, 2.45) is 11.8 Å². The van der Waals surface area contributed by atoms with Crippen LogP contribution in [0.3, 0.4) is 0 Å². The van der Waals surface area contributed by atoms with Crippen LogP contribution in [0.25, 0.3) is 6.08 Å². The summed E-state index contributed by atoms with van der Waals surface area (Å²) in [5.74, 6) is -1.40. The topological polar surface area (TPSA) is 57.6 Å². The molecular weight excluding hydrogens is 266 g/mol. The van der Waals surface area contributed by atoms with Gasteiger partial charge in [-0.3, -0.25) is 9.59 Å². The van der Waals surface area contributed by atoms with E-state index in [2.05, 4.69) is 6.07 Å². The number of likely N-dealkylation sites (tertiary alicyclic amines) is 1. The molecule has 1 amide bonds. The fourth-order valence-corrected chi connectivity index (χ4v) is 2.75. The molecule has 1 heterocycles. The monoisotopic (exact) mass is 287 g/mol. The van der Waals surface area contributed by atoms with Crippen molar-refractivity contribution in [2.75, 3.05) is 13.1 Å². The Labute approximate surface area is 125 Å². The first kappa shape index (κ1) is 15.3. The number of carboxylic acid groups (broad SMARTS) is 1. The molecule has 0 saturated carbocycles. The van der Waals surface area contributed by atoms with Crippen LogP contribution in [-0.2, 0) is 9.59 Å². The van der Waals surface area contributed by atoms with Gasteiger partial charge < -0.3 is 10.0 Å². The minimum Gasteiger partial charge on any atom is -0.481 e. The zero-order chi connectivity index (χ0) is 15.6. The molecule has 1 aliphatic rings. The quantitative estimate of drug-likeness (QED) is 0.869. The average molecular weight is 287 g/mol. The van der Waals surface area contributed by atoms with Crippen molar-refractivity contribution in [3.8, 4) is 0 Å². The Kier molecular flexibility index (Phi) is 4.46. The molecule has 1 saturated heterocycles.